The fourth-order valence-corrected chi connectivity index (χ4v) is 2.80. The highest BCUT2D eigenvalue weighted by atomic mass is 16.5. The van der Waals surface area contributed by atoms with Gasteiger partial charge in [-0.1, -0.05) is 26.0 Å². The van der Waals surface area contributed by atoms with Gasteiger partial charge in [-0.3, -0.25) is 0 Å². The van der Waals surface area contributed by atoms with E-state index in [0.29, 0.717) is 0 Å². The maximum Gasteiger partial charge on any atom is 0.122 e. The van der Waals surface area contributed by atoms with Gasteiger partial charge in [-0.15, -0.1) is 0 Å². The van der Waals surface area contributed by atoms with E-state index < -0.39 is 0 Å². The van der Waals surface area contributed by atoms with Crippen molar-refractivity contribution in [1.82, 2.24) is 5.32 Å². The molecule has 1 fully saturated rings. The molecule has 0 spiro atoms. The summed E-state index contributed by atoms with van der Waals surface area (Å²) in [5.41, 5.74) is 3.09. The van der Waals surface area contributed by atoms with E-state index in [9.17, 15) is 0 Å². The van der Waals surface area contributed by atoms with Gasteiger partial charge in [0, 0.05) is 6.04 Å². The molecule has 1 N–H and O–H groups in total. The first-order valence-corrected chi connectivity index (χ1v) is 7.65. The summed E-state index contributed by atoms with van der Waals surface area (Å²) in [5.74, 6) is 1.10. The van der Waals surface area contributed by atoms with Crippen molar-refractivity contribution in [2.24, 2.45) is 0 Å². The van der Waals surface area contributed by atoms with E-state index in [1.54, 1.807) is 0 Å². The largest absolute Gasteiger partial charge is 0.493 e. The first-order valence-electron chi connectivity index (χ1n) is 7.65. The van der Waals surface area contributed by atoms with Crippen LogP contribution in [0.5, 0.6) is 5.75 Å². The molecule has 1 heterocycles. The normalized spacial score (nSPS) is 18.8. The third-order valence-electron chi connectivity index (χ3n) is 4.45. The van der Waals surface area contributed by atoms with Gasteiger partial charge in [-0.05, 0) is 61.3 Å². The molecule has 104 valence electrons. The first kappa shape index (κ1) is 13.0. The number of aryl methyl sites for hydroxylation is 1. The second-order valence-corrected chi connectivity index (χ2v) is 6.64. The van der Waals surface area contributed by atoms with Crippen LogP contribution in [0.4, 0.5) is 0 Å². The van der Waals surface area contributed by atoms with Crippen molar-refractivity contribution in [3.63, 3.8) is 0 Å². The smallest absolute Gasteiger partial charge is 0.122 e. The second kappa shape index (κ2) is 5.16. The molecule has 1 saturated carbocycles. The van der Waals surface area contributed by atoms with Gasteiger partial charge < -0.3 is 10.1 Å². The summed E-state index contributed by atoms with van der Waals surface area (Å²) in [6.07, 6.45) is 6.26. The van der Waals surface area contributed by atoms with E-state index in [1.165, 1.54) is 36.8 Å². The van der Waals surface area contributed by atoms with Crippen molar-refractivity contribution in [2.75, 3.05) is 13.2 Å². The van der Waals surface area contributed by atoms with Gasteiger partial charge in [-0.25, -0.2) is 0 Å². The molecule has 0 amide bonds. The zero-order valence-electron chi connectivity index (χ0n) is 12.2. The lowest BCUT2D eigenvalue weighted by atomic mass is 9.80. The molecule has 2 nitrogen and oxygen atoms in total. The molecule has 2 heteroatoms. The topological polar surface area (TPSA) is 21.3 Å². The Morgan fingerprint density at radius 2 is 2.16 bits per heavy atom. The summed E-state index contributed by atoms with van der Waals surface area (Å²) in [6, 6.07) is 7.60. The Hall–Kier alpha value is -1.02. The summed E-state index contributed by atoms with van der Waals surface area (Å²) >= 11 is 0. The molecule has 1 aromatic rings. The van der Waals surface area contributed by atoms with Crippen LogP contribution in [0.25, 0.3) is 0 Å². The van der Waals surface area contributed by atoms with E-state index in [1.807, 2.05) is 0 Å². The highest BCUT2D eigenvalue weighted by molar-refractivity contribution is 5.41. The van der Waals surface area contributed by atoms with Crippen molar-refractivity contribution in [3.8, 4) is 5.75 Å². The van der Waals surface area contributed by atoms with Crippen LogP contribution in [0.1, 0.15) is 50.7 Å². The Morgan fingerprint density at radius 3 is 2.95 bits per heavy atom. The molecule has 1 aliphatic carbocycles. The molecule has 2 aliphatic rings. The van der Waals surface area contributed by atoms with Gasteiger partial charge >= 0.3 is 0 Å². The van der Waals surface area contributed by atoms with Gasteiger partial charge in [0.15, 0.2) is 0 Å². The molecule has 0 bridgehead atoms. The van der Waals surface area contributed by atoms with Crippen molar-refractivity contribution >= 4 is 0 Å². The summed E-state index contributed by atoms with van der Waals surface area (Å²) in [7, 11) is 0. The summed E-state index contributed by atoms with van der Waals surface area (Å²) in [6.45, 7) is 6.71. The first-order chi connectivity index (χ1) is 9.15. The van der Waals surface area contributed by atoms with E-state index in [0.717, 1.165) is 31.4 Å². The summed E-state index contributed by atoms with van der Waals surface area (Å²) in [4.78, 5) is 0. The Balaban J connectivity index is 1.68. The fourth-order valence-electron chi connectivity index (χ4n) is 2.80. The molecule has 0 atom stereocenters. The van der Waals surface area contributed by atoms with Crippen molar-refractivity contribution in [1.29, 1.82) is 0 Å². The van der Waals surface area contributed by atoms with Gasteiger partial charge in [0.25, 0.3) is 0 Å². The van der Waals surface area contributed by atoms with Crippen LogP contribution < -0.4 is 10.1 Å². The predicted molar refractivity (Wildman–Crippen MR) is 78.9 cm³/mol. The van der Waals surface area contributed by atoms with Gasteiger partial charge in [0.2, 0.25) is 0 Å². The highest BCUT2D eigenvalue weighted by Crippen LogP contribution is 2.33. The Kier molecular flexibility index (Phi) is 3.53. The van der Waals surface area contributed by atoms with Crippen molar-refractivity contribution in [2.45, 2.75) is 57.4 Å². The van der Waals surface area contributed by atoms with Crippen LogP contribution in [0.3, 0.4) is 0 Å². The molecule has 0 radical (unpaired) electrons. The van der Waals surface area contributed by atoms with Crippen LogP contribution >= 0.6 is 0 Å². The Morgan fingerprint density at radius 1 is 1.32 bits per heavy atom. The lowest BCUT2D eigenvalue weighted by molar-refractivity contribution is 0.288. The number of ether oxygens (including phenoxy) is 1. The SMILES string of the molecule is CC(C)(CCNC1CC1)c1ccc2c(c1)CCCO2. The molecule has 1 aliphatic heterocycles. The second-order valence-electron chi connectivity index (χ2n) is 6.64. The Labute approximate surface area is 116 Å². The molecule has 19 heavy (non-hydrogen) atoms. The van der Waals surface area contributed by atoms with Gasteiger partial charge in [0.1, 0.15) is 5.75 Å². The third-order valence-corrected chi connectivity index (χ3v) is 4.45. The summed E-state index contributed by atoms with van der Waals surface area (Å²) in [5, 5.41) is 3.62. The van der Waals surface area contributed by atoms with Crippen molar-refractivity contribution in [3.05, 3.63) is 29.3 Å². The van der Waals surface area contributed by atoms with Crippen LogP contribution in [-0.2, 0) is 11.8 Å². The zero-order chi connectivity index (χ0) is 13.3. The van der Waals surface area contributed by atoms with E-state index >= 15 is 0 Å². The number of benzene rings is 1. The quantitative estimate of drug-likeness (QED) is 0.874. The molecule has 0 unspecified atom stereocenters. The van der Waals surface area contributed by atoms with Crippen LogP contribution in [-0.4, -0.2) is 19.2 Å². The van der Waals surface area contributed by atoms with Crippen LogP contribution in [0.2, 0.25) is 0 Å². The van der Waals surface area contributed by atoms with Crippen molar-refractivity contribution < 1.29 is 4.74 Å². The minimum Gasteiger partial charge on any atom is -0.493 e. The highest BCUT2D eigenvalue weighted by Gasteiger charge is 2.25. The van der Waals surface area contributed by atoms with Gasteiger partial charge in [-0.2, -0.15) is 0 Å². The molecule has 0 saturated heterocycles. The average molecular weight is 259 g/mol. The monoisotopic (exact) mass is 259 g/mol. The number of nitrogens with one attached hydrogen (secondary N) is 1. The standard InChI is InChI=1S/C17H25NO/c1-17(2,9-10-18-15-6-7-15)14-5-8-16-13(12-14)4-3-11-19-16/h5,8,12,15,18H,3-4,6-7,9-11H2,1-2H3. The van der Waals surface area contributed by atoms with E-state index in [-0.39, 0.29) is 5.41 Å². The Bertz CT molecular complexity index is 449. The molecular formula is C17H25NO. The molecule has 3 rings (SSSR count). The molecule has 0 aromatic heterocycles. The predicted octanol–water partition coefficient (Wildman–Crippen LogP) is 3.43. The minimum atomic E-state index is 0.244. The average Bonchev–Trinajstić information content (AvgIpc) is 3.22. The van der Waals surface area contributed by atoms with Crippen LogP contribution in [0.15, 0.2) is 18.2 Å². The zero-order valence-corrected chi connectivity index (χ0v) is 12.2. The van der Waals surface area contributed by atoms with E-state index in [4.69, 9.17) is 4.74 Å². The fraction of sp³-hybridized carbons (Fsp3) is 0.647. The molecular weight excluding hydrogens is 234 g/mol. The maximum atomic E-state index is 5.70. The number of hydrogen-bond acceptors (Lipinski definition) is 2. The summed E-state index contributed by atoms with van der Waals surface area (Å²) < 4.78 is 5.70. The third kappa shape index (κ3) is 3.11. The number of fused-ring (bicyclic) bond motifs is 1. The lowest BCUT2D eigenvalue weighted by Crippen LogP contribution is -2.27. The maximum absolute atomic E-state index is 5.70. The van der Waals surface area contributed by atoms with E-state index in [2.05, 4.69) is 37.4 Å². The van der Waals surface area contributed by atoms with Gasteiger partial charge in [0.05, 0.1) is 6.61 Å². The molecule has 1 aromatic carbocycles. The van der Waals surface area contributed by atoms with Crippen LogP contribution in [0, 0.1) is 0 Å². The number of hydrogen-bond donors (Lipinski definition) is 1. The minimum absolute atomic E-state index is 0.244. The lowest BCUT2D eigenvalue weighted by Gasteiger charge is -2.28. The number of rotatable bonds is 5.